The molecule has 0 spiro atoms. The number of carbonyl (C=O) groups excluding carboxylic acids is 1. The van der Waals surface area contributed by atoms with Crippen molar-refractivity contribution in [2.24, 2.45) is 0 Å². The first-order chi connectivity index (χ1) is 11.7. The largest absolute Gasteiger partial charge is 0.354 e. The topological polar surface area (TPSA) is 69.7 Å². The molecular formula is C15H21F2N3O3S2. The molecule has 0 aliphatic carbocycles. The van der Waals surface area contributed by atoms with Crippen LogP contribution in [0.2, 0.25) is 0 Å². The lowest BCUT2D eigenvalue weighted by Crippen LogP contribution is -2.63. The lowest BCUT2D eigenvalue weighted by molar-refractivity contribution is -0.127. The van der Waals surface area contributed by atoms with Gasteiger partial charge in [0.25, 0.3) is 5.92 Å². The van der Waals surface area contributed by atoms with Gasteiger partial charge in [-0.05, 0) is 17.9 Å². The van der Waals surface area contributed by atoms with Crippen LogP contribution in [0.1, 0.15) is 11.3 Å². The summed E-state index contributed by atoms with van der Waals surface area (Å²) in [4.78, 5) is 15.0. The number of likely N-dealkylation sites (tertiary alicyclic amines) is 1. The molecule has 6 nitrogen and oxygen atoms in total. The van der Waals surface area contributed by atoms with E-state index in [2.05, 4.69) is 5.32 Å². The van der Waals surface area contributed by atoms with Gasteiger partial charge < -0.3 is 5.32 Å². The van der Waals surface area contributed by atoms with Crippen molar-refractivity contribution in [2.45, 2.75) is 30.8 Å². The highest BCUT2D eigenvalue weighted by Crippen LogP contribution is 2.35. The number of rotatable bonds is 6. The molecule has 25 heavy (non-hydrogen) atoms. The lowest BCUT2D eigenvalue weighted by atomic mass is 10.1. The molecule has 1 atom stereocenters. The molecule has 0 bridgehead atoms. The van der Waals surface area contributed by atoms with E-state index in [0.717, 1.165) is 11.1 Å². The van der Waals surface area contributed by atoms with Crippen molar-refractivity contribution in [2.75, 3.05) is 32.4 Å². The summed E-state index contributed by atoms with van der Waals surface area (Å²) in [5.41, 5.74) is 0. The molecule has 0 radical (unpaired) electrons. The van der Waals surface area contributed by atoms with E-state index in [1.165, 1.54) is 9.21 Å². The van der Waals surface area contributed by atoms with Gasteiger partial charge in [-0.3, -0.25) is 9.69 Å². The van der Waals surface area contributed by atoms with E-state index in [4.69, 9.17) is 0 Å². The second kappa shape index (κ2) is 6.90. The van der Waals surface area contributed by atoms with Crippen molar-refractivity contribution in [3.63, 3.8) is 0 Å². The fraction of sp³-hybridized carbons (Fsp3) is 0.667. The van der Waals surface area contributed by atoms with Crippen LogP contribution in [0.5, 0.6) is 0 Å². The Morgan fingerprint density at radius 3 is 2.76 bits per heavy atom. The number of nitrogens with zero attached hydrogens (tertiary/aromatic N) is 2. The van der Waals surface area contributed by atoms with Gasteiger partial charge in [0.2, 0.25) is 15.9 Å². The zero-order valence-corrected chi connectivity index (χ0v) is 15.5. The Labute approximate surface area is 149 Å². The molecule has 2 aliphatic rings. The number of nitrogens with one attached hydrogen (secondary N) is 1. The average molecular weight is 393 g/mol. The molecule has 0 unspecified atom stereocenters. The molecule has 1 aromatic heterocycles. The third-order valence-corrected chi connectivity index (χ3v) is 6.80. The van der Waals surface area contributed by atoms with Crippen molar-refractivity contribution >= 4 is 27.3 Å². The van der Waals surface area contributed by atoms with E-state index >= 15 is 0 Å². The van der Waals surface area contributed by atoms with E-state index in [1.807, 2.05) is 17.5 Å². The fourth-order valence-corrected chi connectivity index (χ4v) is 4.84. The summed E-state index contributed by atoms with van der Waals surface area (Å²) in [5, 5.41) is 4.68. The summed E-state index contributed by atoms with van der Waals surface area (Å²) in [6.07, 6.45) is 1.24. The first-order valence-corrected chi connectivity index (χ1v) is 10.8. The van der Waals surface area contributed by atoms with E-state index in [-0.39, 0.29) is 19.1 Å². The Morgan fingerprint density at radius 2 is 2.16 bits per heavy atom. The molecule has 0 saturated carbocycles. The standard InChI is InChI=1S/C15H21F2N3O3S2/c1-25(22,23)19-8-11(9-19)20-10-15(16,17)7-13(20)14(21)18-5-4-12-3-2-6-24-12/h2-3,6,11,13H,4-5,7-10H2,1H3,(H,18,21)/t13-/m0/s1. The van der Waals surface area contributed by atoms with Gasteiger partial charge in [0.15, 0.2) is 0 Å². The van der Waals surface area contributed by atoms with Gasteiger partial charge in [-0.1, -0.05) is 6.07 Å². The predicted octanol–water partition coefficient (Wildman–Crippen LogP) is 0.760. The number of thiophene rings is 1. The van der Waals surface area contributed by atoms with Crippen LogP contribution in [0.25, 0.3) is 0 Å². The van der Waals surface area contributed by atoms with Crippen molar-refractivity contribution in [3.05, 3.63) is 22.4 Å². The van der Waals surface area contributed by atoms with E-state index in [9.17, 15) is 22.0 Å². The van der Waals surface area contributed by atoms with Crippen molar-refractivity contribution in [3.8, 4) is 0 Å². The zero-order valence-electron chi connectivity index (χ0n) is 13.8. The summed E-state index contributed by atoms with van der Waals surface area (Å²) in [5.74, 6) is -3.34. The van der Waals surface area contributed by atoms with Gasteiger partial charge in [0, 0.05) is 37.0 Å². The Morgan fingerprint density at radius 1 is 1.44 bits per heavy atom. The Balaban J connectivity index is 1.57. The summed E-state index contributed by atoms with van der Waals surface area (Å²) in [6, 6.07) is 2.63. The van der Waals surface area contributed by atoms with Crippen LogP contribution in [0.3, 0.4) is 0 Å². The summed E-state index contributed by atoms with van der Waals surface area (Å²) in [6.45, 7) is 0.218. The summed E-state index contributed by atoms with van der Waals surface area (Å²) in [7, 11) is -3.31. The molecule has 2 aliphatic heterocycles. The van der Waals surface area contributed by atoms with Crippen molar-refractivity contribution in [1.29, 1.82) is 0 Å². The number of hydrogen-bond acceptors (Lipinski definition) is 5. The summed E-state index contributed by atoms with van der Waals surface area (Å²) < 4.78 is 51.8. The first-order valence-electron chi connectivity index (χ1n) is 8.04. The second-order valence-electron chi connectivity index (χ2n) is 6.60. The lowest BCUT2D eigenvalue weighted by Gasteiger charge is -2.44. The second-order valence-corrected chi connectivity index (χ2v) is 9.62. The minimum atomic E-state index is -3.31. The highest BCUT2D eigenvalue weighted by molar-refractivity contribution is 7.88. The molecule has 2 saturated heterocycles. The maximum absolute atomic E-state index is 13.9. The zero-order chi connectivity index (χ0) is 18.2. The number of hydrogen-bond donors (Lipinski definition) is 1. The number of alkyl halides is 2. The van der Waals surface area contributed by atoms with E-state index in [0.29, 0.717) is 13.0 Å². The number of amides is 1. The van der Waals surface area contributed by atoms with Gasteiger partial charge in [-0.2, -0.15) is 4.31 Å². The Hall–Kier alpha value is -1.10. The predicted molar refractivity (Wildman–Crippen MR) is 91.3 cm³/mol. The molecule has 10 heteroatoms. The van der Waals surface area contributed by atoms with Crippen LogP contribution in [-0.4, -0.2) is 74.0 Å². The molecule has 140 valence electrons. The van der Waals surface area contributed by atoms with Gasteiger partial charge in [-0.25, -0.2) is 17.2 Å². The number of carbonyl (C=O) groups is 1. The van der Waals surface area contributed by atoms with E-state index < -0.39 is 40.9 Å². The number of halogens is 2. The normalized spacial score (nSPS) is 25.0. The SMILES string of the molecule is CS(=O)(=O)N1CC(N2CC(F)(F)C[C@H]2C(=O)NCCc2cccs2)C1. The highest BCUT2D eigenvalue weighted by Gasteiger charge is 2.52. The smallest absolute Gasteiger partial charge is 0.262 e. The maximum Gasteiger partial charge on any atom is 0.262 e. The Kier molecular flexibility index (Phi) is 5.16. The quantitative estimate of drug-likeness (QED) is 0.775. The fourth-order valence-electron chi connectivity index (χ4n) is 3.25. The molecule has 2 fully saturated rings. The van der Waals surface area contributed by atoms with Crippen LogP contribution in [0.15, 0.2) is 17.5 Å². The average Bonchev–Trinajstić information content (AvgIpc) is 3.03. The van der Waals surface area contributed by atoms with Crippen LogP contribution >= 0.6 is 11.3 Å². The van der Waals surface area contributed by atoms with Gasteiger partial charge >= 0.3 is 0 Å². The molecule has 1 aromatic rings. The highest BCUT2D eigenvalue weighted by atomic mass is 32.2. The van der Waals surface area contributed by atoms with Gasteiger partial charge in [0.1, 0.15) is 0 Å². The minimum Gasteiger partial charge on any atom is -0.354 e. The van der Waals surface area contributed by atoms with Crippen LogP contribution < -0.4 is 5.32 Å². The third-order valence-electron chi connectivity index (χ3n) is 4.63. The third kappa shape index (κ3) is 4.36. The van der Waals surface area contributed by atoms with Crippen LogP contribution in [0, 0.1) is 0 Å². The summed E-state index contributed by atoms with van der Waals surface area (Å²) >= 11 is 1.58. The van der Waals surface area contributed by atoms with Crippen molar-refractivity contribution in [1.82, 2.24) is 14.5 Å². The number of sulfonamides is 1. The van der Waals surface area contributed by atoms with Gasteiger partial charge in [0.05, 0.1) is 18.8 Å². The maximum atomic E-state index is 13.9. The minimum absolute atomic E-state index is 0.161. The molecular weight excluding hydrogens is 372 g/mol. The van der Waals surface area contributed by atoms with Crippen molar-refractivity contribution < 1.29 is 22.0 Å². The van der Waals surface area contributed by atoms with E-state index in [1.54, 1.807) is 11.3 Å². The van der Waals surface area contributed by atoms with Gasteiger partial charge in [-0.15, -0.1) is 11.3 Å². The first kappa shape index (κ1) is 18.7. The molecule has 0 aromatic carbocycles. The Bertz CT molecular complexity index is 718. The molecule has 1 N–H and O–H groups in total. The monoisotopic (exact) mass is 393 g/mol. The molecule has 3 heterocycles. The van der Waals surface area contributed by atoms with Crippen LogP contribution in [0.4, 0.5) is 8.78 Å². The molecule has 1 amide bonds. The molecule has 3 rings (SSSR count). The van der Waals surface area contributed by atoms with Crippen LogP contribution in [-0.2, 0) is 21.2 Å².